The molecule has 0 aliphatic carbocycles. The predicted octanol–water partition coefficient (Wildman–Crippen LogP) is 5.15. The number of nitrogens with zero attached hydrogens (tertiary/aromatic N) is 2. The van der Waals surface area contributed by atoms with Crippen LogP contribution in [0.2, 0.25) is 10.0 Å². The smallest absolute Gasteiger partial charge is 0.244 e. The molecule has 35 heavy (non-hydrogen) atoms. The summed E-state index contributed by atoms with van der Waals surface area (Å²) in [6, 6.07) is 12.7. The SMILES string of the molecule is C=C[C@H]1CN(C(C)COCc2ccccc2)C(=O)[C@@H]2CCC[C@H]1N2S(=O)(=O)c1cc(Cl)cc(Cl)c1. The molecule has 0 radical (unpaired) electrons. The van der Waals surface area contributed by atoms with Gasteiger partial charge in [-0.25, -0.2) is 8.42 Å². The number of sulfonamides is 1. The fourth-order valence-electron chi connectivity index (χ4n) is 5.06. The van der Waals surface area contributed by atoms with Gasteiger partial charge in [0.1, 0.15) is 6.04 Å². The van der Waals surface area contributed by atoms with Gasteiger partial charge in [-0.05, 0) is 49.9 Å². The Hall–Kier alpha value is -1.90. The average Bonchev–Trinajstić information content (AvgIpc) is 2.90. The van der Waals surface area contributed by atoms with Crippen LogP contribution >= 0.6 is 23.2 Å². The van der Waals surface area contributed by atoms with Crippen molar-refractivity contribution in [3.8, 4) is 0 Å². The standard InChI is InChI=1S/C26H30Cl2N2O4S/c1-3-20-15-29(18(2)16-34-17-19-8-5-4-6-9-19)26(31)25-11-7-10-24(20)30(25)35(32,33)23-13-21(27)12-22(28)14-23/h3-6,8-9,12-14,18,20,24-25H,1,7,10-11,15-17H2,2H3/t18?,20-,24+,25-/m0/s1. The van der Waals surface area contributed by atoms with Crippen molar-refractivity contribution in [3.63, 3.8) is 0 Å². The number of halogens is 2. The molecule has 2 saturated heterocycles. The lowest BCUT2D eigenvalue weighted by atomic mass is 9.90. The summed E-state index contributed by atoms with van der Waals surface area (Å²) in [6.45, 7) is 7.10. The Kier molecular flexibility index (Phi) is 8.23. The molecule has 2 aliphatic rings. The second kappa shape index (κ2) is 11.0. The molecule has 9 heteroatoms. The first kappa shape index (κ1) is 26.2. The maximum atomic E-state index is 13.8. The van der Waals surface area contributed by atoms with E-state index in [0.29, 0.717) is 32.6 Å². The van der Waals surface area contributed by atoms with Crippen molar-refractivity contribution >= 4 is 39.1 Å². The molecule has 4 atom stereocenters. The van der Waals surface area contributed by atoms with Gasteiger partial charge in [-0.2, -0.15) is 4.31 Å². The number of carbonyl (C=O) groups excluding carboxylic acids is 1. The number of piperidine rings is 1. The molecule has 1 amide bonds. The van der Waals surface area contributed by atoms with E-state index in [1.807, 2.05) is 37.3 Å². The molecule has 0 saturated carbocycles. The Morgan fingerprint density at radius 2 is 1.83 bits per heavy atom. The number of hydrogen-bond acceptors (Lipinski definition) is 4. The third-order valence-electron chi connectivity index (χ3n) is 6.80. The number of amides is 1. The third kappa shape index (κ3) is 5.59. The van der Waals surface area contributed by atoms with E-state index in [0.717, 1.165) is 12.0 Å². The third-order valence-corrected chi connectivity index (χ3v) is 9.15. The number of ether oxygens (including phenoxy) is 1. The van der Waals surface area contributed by atoms with E-state index in [-0.39, 0.29) is 38.8 Å². The summed E-state index contributed by atoms with van der Waals surface area (Å²) in [6.07, 6.45) is 3.64. The van der Waals surface area contributed by atoms with E-state index < -0.39 is 16.1 Å². The van der Waals surface area contributed by atoms with Gasteiger partial charge in [0.05, 0.1) is 24.2 Å². The Bertz CT molecular complexity index is 1150. The van der Waals surface area contributed by atoms with Crippen molar-refractivity contribution < 1.29 is 17.9 Å². The molecule has 2 bridgehead atoms. The molecule has 2 fully saturated rings. The summed E-state index contributed by atoms with van der Waals surface area (Å²) in [7, 11) is -4.03. The second-order valence-corrected chi connectivity index (χ2v) is 11.9. The molecule has 0 N–H and O–H groups in total. The lowest BCUT2D eigenvalue weighted by Crippen LogP contribution is -2.55. The lowest BCUT2D eigenvalue weighted by molar-refractivity contribution is -0.138. The molecule has 2 heterocycles. The van der Waals surface area contributed by atoms with Crippen LogP contribution in [-0.2, 0) is 26.2 Å². The van der Waals surface area contributed by atoms with E-state index in [9.17, 15) is 13.2 Å². The van der Waals surface area contributed by atoms with Gasteiger partial charge in [0, 0.05) is 28.5 Å². The summed E-state index contributed by atoms with van der Waals surface area (Å²) < 4.78 is 35.0. The zero-order chi connectivity index (χ0) is 25.2. The van der Waals surface area contributed by atoms with E-state index >= 15 is 0 Å². The van der Waals surface area contributed by atoms with Crippen LogP contribution in [0.25, 0.3) is 0 Å². The summed E-state index contributed by atoms with van der Waals surface area (Å²) in [4.78, 5) is 15.6. The molecular formula is C26H30Cl2N2O4S. The Morgan fingerprint density at radius 3 is 2.49 bits per heavy atom. The van der Waals surface area contributed by atoms with Gasteiger partial charge in [-0.15, -0.1) is 6.58 Å². The number of fused-ring (bicyclic) bond motifs is 2. The zero-order valence-electron chi connectivity index (χ0n) is 19.6. The van der Waals surface area contributed by atoms with Crippen LogP contribution < -0.4 is 0 Å². The van der Waals surface area contributed by atoms with Gasteiger partial charge in [-0.1, -0.05) is 59.6 Å². The fourth-order valence-corrected chi connectivity index (χ4v) is 7.66. The Balaban J connectivity index is 1.61. The summed E-state index contributed by atoms with van der Waals surface area (Å²) in [5.41, 5.74) is 1.05. The van der Waals surface area contributed by atoms with Crippen LogP contribution in [0.5, 0.6) is 0 Å². The molecule has 188 valence electrons. The molecule has 4 rings (SSSR count). The van der Waals surface area contributed by atoms with Crippen molar-refractivity contribution in [2.75, 3.05) is 13.2 Å². The molecule has 2 aliphatic heterocycles. The first-order valence-corrected chi connectivity index (χ1v) is 14.0. The van der Waals surface area contributed by atoms with E-state index in [2.05, 4.69) is 6.58 Å². The molecule has 0 aromatic heterocycles. The molecule has 6 nitrogen and oxygen atoms in total. The highest BCUT2D eigenvalue weighted by atomic mass is 35.5. The van der Waals surface area contributed by atoms with Gasteiger partial charge in [0.2, 0.25) is 15.9 Å². The maximum Gasteiger partial charge on any atom is 0.244 e. The molecular weight excluding hydrogens is 507 g/mol. The largest absolute Gasteiger partial charge is 0.375 e. The number of hydrogen-bond donors (Lipinski definition) is 0. The quantitative estimate of drug-likeness (QED) is 0.437. The van der Waals surface area contributed by atoms with Crippen LogP contribution in [0.4, 0.5) is 0 Å². The van der Waals surface area contributed by atoms with E-state index in [4.69, 9.17) is 27.9 Å². The number of benzene rings is 2. The van der Waals surface area contributed by atoms with Crippen LogP contribution in [0.15, 0.2) is 66.1 Å². The number of carbonyl (C=O) groups is 1. The summed E-state index contributed by atoms with van der Waals surface area (Å²) >= 11 is 12.2. The van der Waals surface area contributed by atoms with Crippen molar-refractivity contribution in [3.05, 3.63) is 76.8 Å². The van der Waals surface area contributed by atoms with Gasteiger partial charge in [-0.3, -0.25) is 4.79 Å². The highest BCUT2D eigenvalue weighted by molar-refractivity contribution is 7.89. The summed E-state index contributed by atoms with van der Waals surface area (Å²) in [5, 5.41) is 0.460. The average molecular weight is 538 g/mol. The Labute approximate surface area is 217 Å². The maximum absolute atomic E-state index is 13.8. The van der Waals surface area contributed by atoms with Gasteiger partial charge >= 0.3 is 0 Å². The minimum absolute atomic E-state index is 0.00444. The minimum atomic E-state index is -4.03. The molecule has 0 spiro atoms. The van der Waals surface area contributed by atoms with Crippen LogP contribution in [0.1, 0.15) is 31.7 Å². The second-order valence-electron chi connectivity index (χ2n) is 9.19. The van der Waals surface area contributed by atoms with Crippen molar-refractivity contribution in [1.82, 2.24) is 9.21 Å². The van der Waals surface area contributed by atoms with Crippen LogP contribution in [-0.4, -0.2) is 54.8 Å². The fraction of sp³-hybridized carbons (Fsp3) is 0.423. The van der Waals surface area contributed by atoms with E-state index in [1.165, 1.54) is 22.5 Å². The minimum Gasteiger partial charge on any atom is -0.375 e. The number of rotatable bonds is 8. The highest BCUT2D eigenvalue weighted by Gasteiger charge is 2.50. The van der Waals surface area contributed by atoms with Crippen LogP contribution in [0, 0.1) is 5.92 Å². The normalized spacial score (nSPS) is 24.1. The lowest BCUT2D eigenvalue weighted by Gasteiger charge is -2.40. The first-order valence-electron chi connectivity index (χ1n) is 11.8. The van der Waals surface area contributed by atoms with E-state index in [1.54, 1.807) is 11.0 Å². The predicted molar refractivity (Wildman–Crippen MR) is 138 cm³/mol. The highest BCUT2D eigenvalue weighted by Crippen LogP contribution is 2.38. The molecule has 2 aromatic rings. The summed E-state index contributed by atoms with van der Waals surface area (Å²) in [5.74, 6) is -0.420. The first-order chi connectivity index (χ1) is 16.7. The van der Waals surface area contributed by atoms with Crippen molar-refractivity contribution in [2.24, 2.45) is 5.92 Å². The topological polar surface area (TPSA) is 66.9 Å². The monoisotopic (exact) mass is 536 g/mol. The zero-order valence-corrected chi connectivity index (χ0v) is 22.0. The van der Waals surface area contributed by atoms with Crippen LogP contribution in [0.3, 0.4) is 0 Å². The Morgan fingerprint density at radius 1 is 1.14 bits per heavy atom. The molecule has 1 unspecified atom stereocenters. The van der Waals surface area contributed by atoms with Gasteiger partial charge in [0.25, 0.3) is 0 Å². The van der Waals surface area contributed by atoms with Gasteiger partial charge in [0.15, 0.2) is 0 Å². The van der Waals surface area contributed by atoms with Gasteiger partial charge < -0.3 is 9.64 Å². The van der Waals surface area contributed by atoms with Crippen molar-refractivity contribution in [1.29, 1.82) is 0 Å². The molecule has 2 aromatic carbocycles. The van der Waals surface area contributed by atoms with Crippen molar-refractivity contribution in [2.45, 2.75) is 55.8 Å².